The predicted octanol–water partition coefficient (Wildman–Crippen LogP) is 3.32. The van der Waals surface area contributed by atoms with Crippen LogP contribution in [0, 0.1) is 0 Å². The average Bonchev–Trinajstić information content (AvgIpc) is 2.69. The summed E-state index contributed by atoms with van der Waals surface area (Å²) in [7, 11) is 2.98. The number of aromatic hydroxyl groups is 1. The van der Waals surface area contributed by atoms with E-state index in [1.54, 1.807) is 19.1 Å². The molecule has 8 heteroatoms. The molecule has 7 nitrogen and oxygen atoms in total. The number of hydrogen-bond acceptors (Lipinski definition) is 7. The van der Waals surface area contributed by atoms with Crippen molar-refractivity contribution in [1.82, 2.24) is 5.32 Å². The molecule has 0 spiro atoms. The van der Waals surface area contributed by atoms with E-state index >= 15 is 0 Å². The normalized spacial score (nSPS) is 19.0. The third kappa shape index (κ3) is 4.18. The quantitative estimate of drug-likeness (QED) is 0.491. The van der Waals surface area contributed by atoms with Gasteiger partial charge in [0.15, 0.2) is 17.3 Å². The Kier molecular flexibility index (Phi) is 6.64. The van der Waals surface area contributed by atoms with Gasteiger partial charge in [-0.25, -0.2) is 4.79 Å². The van der Waals surface area contributed by atoms with Crippen LogP contribution in [0.4, 0.5) is 0 Å². The summed E-state index contributed by atoms with van der Waals surface area (Å²) < 4.78 is 16.0. The number of halogens is 1. The molecule has 1 aliphatic heterocycles. The lowest BCUT2D eigenvalue weighted by Gasteiger charge is -2.34. The van der Waals surface area contributed by atoms with E-state index in [-0.39, 0.29) is 30.5 Å². The minimum absolute atomic E-state index is 0.00149. The van der Waals surface area contributed by atoms with E-state index in [4.69, 9.17) is 14.2 Å². The van der Waals surface area contributed by atoms with Gasteiger partial charge in [-0.1, -0.05) is 0 Å². The van der Waals surface area contributed by atoms with Crippen LogP contribution in [0.25, 0.3) is 0 Å². The van der Waals surface area contributed by atoms with Crippen molar-refractivity contribution in [2.24, 2.45) is 0 Å². The number of Topliss-reactive ketones (excluding diaryl/α,β-unsaturated/α-hetero) is 1. The van der Waals surface area contributed by atoms with Crippen molar-refractivity contribution in [2.45, 2.75) is 32.1 Å². The van der Waals surface area contributed by atoms with E-state index in [0.29, 0.717) is 33.3 Å². The van der Waals surface area contributed by atoms with E-state index in [1.807, 2.05) is 0 Å². The van der Waals surface area contributed by atoms with Gasteiger partial charge in [0.05, 0.1) is 23.8 Å². The number of esters is 1. The molecule has 1 aromatic carbocycles. The lowest BCUT2D eigenvalue weighted by molar-refractivity contribution is -0.140. The summed E-state index contributed by atoms with van der Waals surface area (Å²) in [6.07, 6.45) is 1.93. The molecule has 0 aromatic heterocycles. The van der Waals surface area contributed by atoms with Crippen LogP contribution >= 0.6 is 15.9 Å². The number of rotatable bonds is 6. The van der Waals surface area contributed by atoms with E-state index < -0.39 is 11.9 Å². The van der Waals surface area contributed by atoms with Crippen molar-refractivity contribution in [3.8, 4) is 11.5 Å². The Morgan fingerprint density at radius 2 is 2.03 bits per heavy atom. The summed E-state index contributed by atoms with van der Waals surface area (Å²) >= 11 is 3.34. The predicted molar refractivity (Wildman–Crippen MR) is 110 cm³/mol. The molecule has 0 radical (unpaired) electrons. The highest BCUT2D eigenvalue weighted by atomic mass is 79.9. The van der Waals surface area contributed by atoms with E-state index in [0.717, 1.165) is 18.5 Å². The van der Waals surface area contributed by atoms with Crippen LogP contribution in [0.1, 0.15) is 37.7 Å². The second-order valence-corrected chi connectivity index (χ2v) is 7.80. The molecular formula is C21H24BrNO6. The largest absolute Gasteiger partial charge is 0.503 e. The molecule has 1 atom stereocenters. The number of methoxy groups -OCH3 is 2. The number of hydrogen-bond donors (Lipinski definition) is 2. The SMILES string of the molecule is COCCOC(=O)C1=C(C)NC2=C(C(=O)CCC2)[C@H]1c1cc(Br)c(O)c(OC)c1. The van der Waals surface area contributed by atoms with Crippen molar-refractivity contribution in [3.63, 3.8) is 0 Å². The fourth-order valence-electron chi connectivity index (χ4n) is 3.80. The molecule has 29 heavy (non-hydrogen) atoms. The van der Waals surface area contributed by atoms with Crippen LogP contribution in [0.5, 0.6) is 11.5 Å². The molecule has 2 N–H and O–H groups in total. The number of benzene rings is 1. The summed E-state index contributed by atoms with van der Waals surface area (Å²) in [4.78, 5) is 25.8. The Bertz CT molecular complexity index is 905. The Labute approximate surface area is 177 Å². The first-order valence-electron chi connectivity index (χ1n) is 9.35. The van der Waals surface area contributed by atoms with Gasteiger partial charge in [0, 0.05) is 36.4 Å². The summed E-state index contributed by atoms with van der Waals surface area (Å²) in [5, 5.41) is 13.4. The minimum atomic E-state index is -0.611. The molecule has 2 aliphatic rings. The molecule has 0 saturated carbocycles. The Morgan fingerprint density at radius 3 is 2.72 bits per heavy atom. The molecule has 0 unspecified atom stereocenters. The molecule has 156 valence electrons. The number of carbonyl (C=O) groups is 2. The van der Waals surface area contributed by atoms with E-state index in [2.05, 4.69) is 21.2 Å². The van der Waals surface area contributed by atoms with Crippen LogP contribution < -0.4 is 10.1 Å². The first kappa shape index (κ1) is 21.4. The van der Waals surface area contributed by atoms with Gasteiger partial charge in [-0.3, -0.25) is 4.79 Å². The Hall–Kier alpha value is -2.32. The van der Waals surface area contributed by atoms with Crippen LogP contribution in [-0.2, 0) is 19.1 Å². The van der Waals surface area contributed by atoms with Crippen molar-refractivity contribution < 1.29 is 28.9 Å². The highest BCUT2D eigenvalue weighted by Gasteiger charge is 2.39. The fraction of sp³-hybridized carbons (Fsp3) is 0.429. The third-order valence-corrected chi connectivity index (χ3v) is 5.72. The first-order valence-corrected chi connectivity index (χ1v) is 10.1. The zero-order valence-corrected chi connectivity index (χ0v) is 18.2. The Balaban J connectivity index is 2.13. The third-order valence-electron chi connectivity index (χ3n) is 5.12. The van der Waals surface area contributed by atoms with E-state index in [9.17, 15) is 14.7 Å². The van der Waals surface area contributed by atoms with E-state index in [1.165, 1.54) is 14.2 Å². The zero-order valence-electron chi connectivity index (χ0n) is 16.6. The topological polar surface area (TPSA) is 94.1 Å². The molecule has 0 amide bonds. The van der Waals surface area contributed by atoms with Gasteiger partial charge in [0.25, 0.3) is 0 Å². The standard InChI is InChI=1S/C21H24BrNO6/c1-11-17(21(26)29-8-7-27-2)18(19-14(23-11)5-4-6-15(19)24)12-9-13(22)20(25)16(10-12)28-3/h9-10,18,23,25H,4-8H2,1-3H3/t18-/m0/s1. The number of nitrogens with one attached hydrogen (secondary N) is 1. The summed E-state index contributed by atoms with van der Waals surface area (Å²) in [5.74, 6) is -0.908. The maximum Gasteiger partial charge on any atom is 0.336 e. The maximum atomic E-state index is 13.0. The molecule has 3 rings (SSSR count). The van der Waals surface area contributed by atoms with Crippen molar-refractivity contribution in [3.05, 3.63) is 44.7 Å². The second-order valence-electron chi connectivity index (χ2n) is 6.95. The molecule has 1 heterocycles. The molecular weight excluding hydrogens is 442 g/mol. The molecule has 1 aliphatic carbocycles. The molecule has 1 aromatic rings. The number of carbonyl (C=O) groups excluding carboxylic acids is 2. The van der Waals surface area contributed by atoms with Gasteiger partial charge in [-0.2, -0.15) is 0 Å². The van der Waals surface area contributed by atoms with Crippen LogP contribution in [0.2, 0.25) is 0 Å². The van der Waals surface area contributed by atoms with Crippen LogP contribution in [0.15, 0.2) is 39.1 Å². The summed E-state index contributed by atoms with van der Waals surface area (Å²) in [5.41, 5.74) is 3.08. The van der Waals surface area contributed by atoms with Gasteiger partial charge >= 0.3 is 5.97 Å². The van der Waals surface area contributed by atoms with Crippen LogP contribution in [0.3, 0.4) is 0 Å². The summed E-state index contributed by atoms with van der Waals surface area (Å²) in [6, 6.07) is 3.36. The number of ether oxygens (including phenoxy) is 3. The zero-order chi connectivity index (χ0) is 21.1. The summed E-state index contributed by atoms with van der Waals surface area (Å²) in [6.45, 7) is 2.19. The van der Waals surface area contributed by atoms with Crippen molar-refractivity contribution in [2.75, 3.05) is 27.4 Å². The lowest BCUT2D eigenvalue weighted by Crippen LogP contribution is -2.34. The molecule has 0 fully saturated rings. The van der Waals surface area contributed by atoms with Gasteiger partial charge < -0.3 is 24.6 Å². The van der Waals surface area contributed by atoms with Gasteiger partial charge in [0.1, 0.15) is 6.61 Å². The van der Waals surface area contributed by atoms with Gasteiger partial charge in [0.2, 0.25) is 0 Å². The second kappa shape index (κ2) is 9.00. The van der Waals surface area contributed by atoms with Crippen molar-refractivity contribution >= 4 is 27.7 Å². The van der Waals surface area contributed by atoms with Gasteiger partial charge in [-0.15, -0.1) is 0 Å². The van der Waals surface area contributed by atoms with Crippen molar-refractivity contribution in [1.29, 1.82) is 0 Å². The molecule has 0 bridgehead atoms. The van der Waals surface area contributed by atoms with Crippen LogP contribution in [-0.4, -0.2) is 44.3 Å². The maximum absolute atomic E-state index is 13.0. The smallest absolute Gasteiger partial charge is 0.336 e. The molecule has 0 saturated heterocycles. The fourth-order valence-corrected chi connectivity index (χ4v) is 4.26. The number of phenolic OH excluding ortho intramolecular Hbond substituents is 1. The highest BCUT2D eigenvalue weighted by Crippen LogP contribution is 2.46. The average molecular weight is 466 g/mol. The lowest BCUT2D eigenvalue weighted by atomic mass is 9.75. The number of dihydropyridines is 1. The number of allylic oxidation sites excluding steroid dienone is 3. The Morgan fingerprint density at radius 1 is 1.28 bits per heavy atom. The monoisotopic (exact) mass is 465 g/mol. The highest BCUT2D eigenvalue weighted by molar-refractivity contribution is 9.10. The minimum Gasteiger partial charge on any atom is -0.503 e. The number of ketones is 1. The number of phenols is 1. The first-order chi connectivity index (χ1) is 13.9. The van der Waals surface area contributed by atoms with Gasteiger partial charge in [-0.05, 0) is 53.4 Å².